The maximum absolute atomic E-state index is 14.0. The van der Waals surface area contributed by atoms with Gasteiger partial charge in [-0.25, -0.2) is 8.78 Å². The highest BCUT2D eigenvalue weighted by atomic mass is 19.1. The number of hydrogen-bond donors (Lipinski definition) is 2. The zero-order chi connectivity index (χ0) is 27.6. The number of amides is 2. The number of carbonyl (C=O) groups excluding carboxylic acids is 2. The Labute approximate surface area is 225 Å². The maximum Gasteiger partial charge on any atom is 0.240 e. The van der Waals surface area contributed by atoms with E-state index in [0.717, 1.165) is 23.3 Å². The fraction of sp³-hybridized carbons (Fsp3) is 0.161. The van der Waals surface area contributed by atoms with Gasteiger partial charge in [-0.05, 0) is 41.0 Å². The zero-order valence-electron chi connectivity index (χ0n) is 21.1. The Kier molecular flexibility index (Phi) is 9.24. The number of ether oxygens (including phenoxy) is 2. The number of halogens is 2. The van der Waals surface area contributed by atoms with Gasteiger partial charge in [-0.2, -0.15) is 0 Å². The van der Waals surface area contributed by atoms with Gasteiger partial charge in [0.2, 0.25) is 11.8 Å². The molecule has 6 nitrogen and oxygen atoms in total. The third-order valence-electron chi connectivity index (χ3n) is 6.00. The zero-order valence-corrected chi connectivity index (χ0v) is 21.1. The predicted molar refractivity (Wildman–Crippen MR) is 143 cm³/mol. The number of carbonyl (C=O) groups is 2. The third kappa shape index (κ3) is 7.88. The Morgan fingerprint density at radius 3 is 1.85 bits per heavy atom. The molecule has 3 N–H and O–H groups in total. The lowest BCUT2D eigenvalue weighted by molar-refractivity contribution is -0.127. The molecule has 0 aliphatic heterocycles. The van der Waals surface area contributed by atoms with Crippen LogP contribution in [0.25, 0.3) is 0 Å². The topological polar surface area (TPSA) is 90.7 Å². The second-order valence-corrected chi connectivity index (χ2v) is 8.93. The average Bonchev–Trinajstić information content (AvgIpc) is 2.94. The van der Waals surface area contributed by atoms with Gasteiger partial charge in [-0.1, -0.05) is 72.8 Å². The van der Waals surface area contributed by atoms with Crippen LogP contribution in [0.3, 0.4) is 0 Å². The lowest BCUT2D eigenvalue weighted by Gasteiger charge is -2.18. The van der Waals surface area contributed by atoms with Crippen molar-refractivity contribution >= 4 is 11.8 Å². The van der Waals surface area contributed by atoms with Crippen molar-refractivity contribution < 1.29 is 27.8 Å². The molecule has 0 aromatic heterocycles. The van der Waals surface area contributed by atoms with Crippen molar-refractivity contribution in [2.45, 2.75) is 32.1 Å². The first kappa shape index (κ1) is 27.3. The third-order valence-corrected chi connectivity index (χ3v) is 6.00. The standard InChI is InChI=1S/C31H28F2N2O4/c32-25-12-7-13-26(33)24(25)18-30(36)35-27(31(34)37)16-23-14-15-28(38-19-21-8-3-1-4-9-21)29(17-23)39-20-22-10-5-2-6-11-22/h1-15,17,27H,16,18-20H2,(H2,34,37)(H,35,36)/t27-/m0/s1. The van der Waals surface area contributed by atoms with Crippen LogP contribution >= 0.6 is 0 Å². The number of nitrogens with one attached hydrogen (secondary N) is 1. The molecule has 0 unspecified atom stereocenters. The first-order valence-corrected chi connectivity index (χ1v) is 12.4. The Bertz CT molecular complexity index is 1390. The molecule has 0 aliphatic carbocycles. The summed E-state index contributed by atoms with van der Waals surface area (Å²) < 4.78 is 40.0. The molecule has 0 fully saturated rings. The fourth-order valence-electron chi connectivity index (χ4n) is 3.95. The van der Waals surface area contributed by atoms with E-state index in [1.807, 2.05) is 60.7 Å². The van der Waals surface area contributed by atoms with E-state index in [1.54, 1.807) is 18.2 Å². The highest BCUT2D eigenvalue weighted by Crippen LogP contribution is 2.30. The molecule has 0 heterocycles. The lowest BCUT2D eigenvalue weighted by Crippen LogP contribution is -2.46. The Morgan fingerprint density at radius 1 is 0.718 bits per heavy atom. The van der Waals surface area contributed by atoms with Gasteiger partial charge >= 0.3 is 0 Å². The van der Waals surface area contributed by atoms with Gasteiger partial charge < -0.3 is 20.5 Å². The summed E-state index contributed by atoms with van der Waals surface area (Å²) in [6.07, 6.45) is -0.526. The lowest BCUT2D eigenvalue weighted by atomic mass is 10.0. The second-order valence-electron chi connectivity index (χ2n) is 8.93. The summed E-state index contributed by atoms with van der Waals surface area (Å²) in [6.45, 7) is 0.616. The fourth-order valence-corrected chi connectivity index (χ4v) is 3.95. The molecule has 4 aromatic carbocycles. The SMILES string of the molecule is NC(=O)[C@H](Cc1ccc(OCc2ccccc2)c(OCc2ccccc2)c1)NC(=O)Cc1c(F)cccc1F. The summed E-state index contributed by atoms with van der Waals surface area (Å²) in [7, 11) is 0. The number of hydrogen-bond acceptors (Lipinski definition) is 4. The summed E-state index contributed by atoms with van der Waals surface area (Å²) in [5.41, 5.74) is 7.75. The normalized spacial score (nSPS) is 11.4. The Balaban J connectivity index is 1.49. The van der Waals surface area contributed by atoms with Gasteiger partial charge in [-0.3, -0.25) is 9.59 Å². The van der Waals surface area contributed by atoms with Gasteiger partial charge in [0, 0.05) is 12.0 Å². The van der Waals surface area contributed by atoms with Crippen LogP contribution in [0, 0.1) is 11.6 Å². The van der Waals surface area contributed by atoms with E-state index in [4.69, 9.17) is 15.2 Å². The van der Waals surface area contributed by atoms with E-state index in [2.05, 4.69) is 5.32 Å². The monoisotopic (exact) mass is 530 g/mol. The van der Waals surface area contributed by atoms with E-state index in [-0.39, 0.29) is 18.6 Å². The quantitative estimate of drug-likeness (QED) is 0.273. The predicted octanol–water partition coefficient (Wildman–Crippen LogP) is 4.88. The molecule has 1 atom stereocenters. The average molecular weight is 531 g/mol. The van der Waals surface area contributed by atoms with Crippen LogP contribution in [0.2, 0.25) is 0 Å². The van der Waals surface area contributed by atoms with E-state index in [0.29, 0.717) is 23.7 Å². The summed E-state index contributed by atoms with van der Waals surface area (Å²) in [4.78, 5) is 24.7. The summed E-state index contributed by atoms with van der Waals surface area (Å²) in [5.74, 6) is -2.23. The number of rotatable bonds is 12. The van der Waals surface area contributed by atoms with Gasteiger partial charge in [0.15, 0.2) is 11.5 Å². The molecule has 39 heavy (non-hydrogen) atoms. The van der Waals surface area contributed by atoms with Gasteiger partial charge in [0.1, 0.15) is 30.9 Å². The number of benzene rings is 4. The van der Waals surface area contributed by atoms with Crippen LogP contribution in [-0.4, -0.2) is 17.9 Å². The molecule has 0 spiro atoms. The smallest absolute Gasteiger partial charge is 0.240 e. The van der Waals surface area contributed by atoms with Crippen molar-refractivity contribution in [3.05, 3.63) is 131 Å². The minimum atomic E-state index is -1.11. The van der Waals surface area contributed by atoms with Crippen molar-refractivity contribution in [1.82, 2.24) is 5.32 Å². The van der Waals surface area contributed by atoms with Crippen LogP contribution in [0.15, 0.2) is 97.1 Å². The molecule has 4 aromatic rings. The van der Waals surface area contributed by atoms with E-state index in [9.17, 15) is 18.4 Å². The highest BCUT2D eigenvalue weighted by molar-refractivity contribution is 5.87. The molecule has 0 aliphatic rings. The van der Waals surface area contributed by atoms with E-state index >= 15 is 0 Å². The van der Waals surface area contributed by atoms with E-state index in [1.165, 1.54) is 6.07 Å². The summed E-state index contributed by atoms with van der Waals surface area (Å²) >= 11 is 0. The van der Waals surface area contributed by atoms with Gasteiger partial charge in [-0.15, -0.1) is 0 Å². The van der Waals surface area contributed by atoms with Crippen LogP contribution in [0.5, 0.6) is 11.5 Å². The number of nitrogens with two attached hydrogens (primary N) is 1. The first-order chi connectivity index (χ1) is 18.9. The first-order valence-electron chi connectivity index (χ1n) is 12.4. The second kappa shape index (κ2) is 13.2. The number of primary amides is 1. The maximum atomic E-state index is 14.0. The molecule has 0 saturated heterocycles. The van der Waals surface area contributed by atoms with Crippen molar-refractivity contribution in [1.29, 1.82) is 0 Å². The summed E-state index contributed by atoms with van der Waals surface area (Å²) in [6, 6.07) is 26.7. The highest BCUT2D eigenvalue weighted by Gasteiger charge is 2.22. The van der Waals surface area contributed by atoms with Crippen LogP contribution in [-0.2, 0) is 35.6 Å². The van der Waals surface area contributed by atoms with Crippen LogP contribution < -0.4 is 20.5 Å². The molecule has 2 amide bonds. The summed E-state index contributed by atoms with van der Waals surface area (Å²) in [5, 5.41) is 2.49. The molecular weight excluding hydrogens is 502 g/mol. The molecule has 0 saturated carbocycles. The van der Waals surface area contributed by atoms with Crippen molar-refractivity contribution in [3.63, 3.8) is 0 Å². The molecule has 200 valence electrons. The Hall–Kier alpha value is -4.72. The van der Waals surface area contributed by atoms with Crippen LogP contribution in [0.4, 0.5) is 8.78 Å². The van der Waals surface area contributed by atoms with Gasteiger partial charge in [0.05, 0.1) is 6.42 Å². The van der Waals surface area contributed by atoms with Crippen LogP contribution in [0.1, 0.15) is 22.3 Å². The molecule has 0 bridgehead atoms. The largest absolute Gasteiger partial charge is 0.485 e. The molecule has 8 heteroatoms. The Morgan fingerprint density at radius 2 is 1.28 bits per heavy atom. The molecular formula is C31H28F2N2O4. The van der Waals surface area contributed by atoms with Crippen molar-refractivity contribution in [2.75, 3.05) is 0 Å². The van der Waals surface area contributed by atoms with Crippen molar-refractivity contribution in [3.8, 4) is 11.5 Å². The minimum Gasteiger partial charge on any atom is -0.485 e. The van der Waals surface area contributed by atoms with Gasteiger partial charge in [0.25, 0.3) is 0 Å². The van der Waals surface area contributed by atoms with E-state index < -0.39 is 35.9 Å². The minimum absolute atomic E-state index is 0.0431. The van der Waals surface area contributed by atoms with Crippen molar-refractivity contribution in [2.24, 2.45) is 5.73 Å². The molecule has 0 radical (unpaired) electrons. The molecule has 4 rings (SSSR count).